The van der Waals surface area contributed by atoms with E-state index in [0.29, 0.717) is 30.3 Å². The molecule has 1 amide bonds. The molecule has 27 heavy (non-hydrogen) atoms. The van der Waals surface area contributed by atoms with Crippen LogP contribution in [0.2, 0.25) is 5.02 Å². The lowest BCUT2D eigenvalue weighted by atomic mass is 9.99. The Kier molecular flexibility index (Phi) is 4.28. The summed E-state index contributed by atoms with van der Waals surface area (Å²) in [6.45, 7) is 3.85. The van der Waals surface area contributed by atoms with E-state index in [4.69, 9.17) is 16.3 Å². The number of ether oxygens (including phenoxy) is 1. The van der Waals surface area contributed by atoms with Crippen molar-refractivity contribution in [2.75, 3.05) is 31.1 Å². The first kappa shape index (κ1) is 17.0. The Morgan fingerprint density at radius 2 is 2.07 bits per heavy atom. The zero-order valence-corrected chi connectivity index (χ0v) is 15.8. The molecule has 1 aromatic heterocycles. The second-order valence-corrected chi connectivity index (χ2v) is 7.89. The van der Waals surface area contributed by atoms with Crippen LogP contribution in [0.15, 0.2) is 24.4 Å². The smallest absolute Gasteiger partial charge is 0.253 e. The second-order valence-electron chi connectivity index (χ2n) is 7.49. The van der Waals surface area contributed by atoms with Gasteiger partial charge in [0, 0.05) is 31.7 Å². The summed E-state index contributed by atoms with van der Waals surface area (Å²) in [7, 11) is 0. The van der Waals surface area contributed by atoms with Crippen LogP contribution in [0.1, 0.15) is 41.4 Å². The number of amides is 1. The van der Waals surface area contributed by atoms with Crippen LogP contribution < -0.4 is 4.90 Å². The number of carbonyl (C=O) groups is 1. The van der Waals surface area contributed by atoms with Crippen LogP contribution in [-0.4, -0.2) is 58.1 Å². The SMILES string of the molecule is O=C(c1ccc(N2CCCC2)c(Cl)c1)N1CC[C@@H]2OCc3cnnn3[C@H]2C1. The fraction of sp³-hybridized carbons (Fsp3) is 0.526. The lowest BCUT2D eigenvalue weighted by molar-refractivity contribution is -0.0605. The summed E-state index contributed by atoms with van der Waals surface area (Å²) in [5.74, 6) is 0.00978. The fourth-order valence-corrected chi connectivity index (χ4v) is 4.70. The van der Waals surface area contributed by atoms with Crippen molar-refractivity contribution in [2.24, 2.45) is 0 Å². The number of halogens is 1. The van der Waals surface area contributed by atoms with Gasteiger partial charge in [-0.15, -0.1) is 5.10 Å². The van der Waals surface area contributed by atoms with Crippen molar-refractivity contribution in [3.05, 3.63) is 40.7 Å². The lowest BCUT2D eigenvalue weighted by Crippen LogP contribution is -2.49. The molecule has 0 radical (unpaired) electrons. The van der Waals surface area contributed by atoms with Crippen molar-refractivity contribution < 1.29 is 9.53 Å². The molecule has 0 aliphatic carbocycles. The summed E-state index contributed by atoms with van der Waals surface area (Å²) in [4.78, 5) is 17.2. The summed E-state index contributed by atoms with van der Waals surface area (Å²) < 4.78 is 7.84. The predicted molar refractivity (Wildman–Crippen MR) is 101 cm³/mol. The molecule has 3 aliphatic heterocycles. The van der Waals surface area contributed by atoms with Gasteiger partial charge in [0.1, 0.15) is 0 Å². The molecule has 0 bridgehead atoms. The van der Waals surface area contributed by atoms with Crippen LogP contribution in [0, 0.1) is 0 Å². The number of piperidine rings is 1. The van der Waals surface area contributed by atoms with E-state index in [1.54, 1.807) is 6.20 Å². The fourth-order valence-electron chi connectivity index (χ4n) is 4.40. The first-order valence-electron chi connectivity index (χ1n) is 9.55. The van der Waals surface area contributed by atoms with Crippen LogP contribution in [0.5, 0.6) is 0 Å². The molecule has 5 rings (SSSR count). The van der Waals surface area contributed by atoms with Crippen LogP contribution in [0.4, 0.5) is 5.69 Å². The van der Waals surface area contributed by atoms with E-state index in [1.807, 2.05) is 27.8 Å². The van der Waals surface area contributed by atoms with Gasteiger partial charge in [-0.05, 0) is 37.5 Å². The number of rotatable bonds is 2. The number of benzene rings is 1. The Morgan fingerprint density at radius 1 is 1.22 bits per heavy atom. The van der Waals surface area contributed by atoms with Crippen molar-refractivity contribution in [1.29, 1.82) is 0 Å². The van der Waals surface area contributed by atoms with Crippen molar-refractivity contribution in [1.82, 2.24) is 19.9 Å². The molecule has 2 fully saturated rings. The van der Waals surface area contributed by atoms with Gasteiger partial charge in [-0.1, -0.05) is 16.8 Å². The van der Waals surface area contributed by atoms with E-state index < -0.39 is 0 Å². The Balaban J connectivity index is 1.35. The topological polar surface area (TPSA) is 63.5 Å². The first-order chi connectivity index (χ1) is 13.2. The molecule has 0 saturated carbocycles. The Bertz CT molecular complexity index is 864. The molecule has 2 atom stereocenters. The van der Waals surface area contributed by atoms with Gasteiger partial charge in [0.15, 0.2) is 0 Å². The number of hydrogen-bond acceptors (Lipinski definition) is 5. The first-order valence-corrected chi connectivity index (χ1v) is 9.93. The summed E-state index contributed by atoms with van der Waals surface area (Å²) in [6, 6.07) is 5.70. The molecule has 142 valence electrons. The van der Waals surface area contributed by atoms with Crippen LogP contribution >= 0.6 is 11.6 Å². The van der Waals surface area contributed by atoms with Gasteiger partial charge in [0.25, 0.3) is 5.91 Å². The normalized spacial score (nSPS) is 24.6. The molecule has 2 saturated heterocycles. The highest BCUT2D eigenvalue weighted by Gasteiger charge is 2.38. The average molecular weight is 388 g/mol. The molecule has 1 aromatic carbocycles. The van der Waals surface area contributed by atoms with Gasteiger partial charge in [0.2, 0.25) is 0 Å². The molecule has 7 nitrogen and oxygen atoms in total. The quantitative estimate of drug-likeness (QED) is 0.792. The number of nitrogens with zero attached hydrogens (tertiary/aromatic N) is 5. The van der Waals surface area contributed by atoms with Gasteiger partial charge in [0.05, 0.1) is 41.4 Å². The maximum absolute atomic E-state index is 13.1. The summed E-state index contributed by atoms with van der Waals surface area (Å²) in [6.07, 6.45) is 5.01. The van der Waals surface area contributed by atoms with Gasteiger partial charge in [-0.2, -0.15) is 0 Å². The largest absolute Gasteiger partial charge is 0.370 e. The molecule has 0 spiro atoms. The van der Waals surface area contributed by atoms with E-state index in [9.17, 15) is 4.79 Å². The summed E-state index contributed by atoms with van der Waals surface area (Å²) >= 11 is 6.50. The van der Waals surface area contributed by atoms with E-state index in [0.717, 1.165) is 30.9 Å². The minimum absolute atomic E-state index is 0.00978. The van der Waals surface area contributed by atoms with Crippen LogP contribution in [0.3, 0.4) is 0 Å². The number of likely N-dealkylation sites (tertiary alicyclic amines) is 1. The van der Waals surface area contributed by atoms with E-state index in [-0.39, 0.29) is 18.1 Å². The number of aromatic nitrogens is 3. The molecule has 8 heteroatoms. The average Bonchev–Trinajstić information content (AvgIpc) is 3.38. The van der Waals surface area contributed by atoms with E-state index in [2.05, 4.69) is 15.2 Å². The van der Waals surface area contributed by atoms with Crippen LogP contribution in [0.25, 0.3) is 0 Å². The molecule has 3 aliphatic rings. The molecular formula is C19H22ClN5O2. The monoisotopic (exact) mass is 387 g/mol. The number of fused-ring (bicyclic) bond motifs is 3. The maximum Gasteiger partial charge on any atom is 0.253 e. The number of anilines is 1. The number of hydrogen-bond donors (Lipinski definition) is 0. The second kappa shape index (κ2) is 6.80. The zero-order valence-electron chi connectivity index (χ0n) is 15.1. The van der Waals surface area contributed by atoms with Crippen LogP contribution in [-0.2, 0) is 11.3 Å². The Labute approximate surface area is 162 Å². The molecule has 0 N–H and O–H groups in total. The third kappa shape index (κ3) is 2.99. The Hall–Kier alpha value is -2.12. The Morgan fingerprint density at radius 3 is 2.89 bits per heavy atom. The standard InChI is InChI=1S/C19H22ClN5O2/c20-15-9-13(3-4-16(15)23-6-1-2-7-23)19(26)24-8-5-18-17(11-24)25-14(12-27-18)10-21-22-25/h3-4,9-10,17-18H,1-2,5-8,11-12H2/t17-,18-/m0/s1. The third-order valence-electron chi connectivity index (χ3n) is 5.86. The maximum atomic E-state index is 13.1. The highest BCUT2D eigenvalue weighted by atomic mass is 35.5. The van der Waals surface area contributed by atoms with E-state index >= 15 is 0 Å². The molecule has 2 aromatic rings. The minimum Gasteiger partial charge on any atom is -0.370 e. The van der Waals surface area contributed by atoms with Crippen molar-refractivity contribution in [3.63, 3.8) is 0 Å². The highest BCUT2D eigenvalue weighted by Crippen LogP contribution is 2.33. The molecular weight excluding hydrogens is 366 g/mol. The van der Waals surface area contributed by atoms with Gasteiger partial charge < -0.3 is 14.5 Å². The van der Waals surface area contributed by atoms with Crippen molar-refractivity contribution in [3.8, 4) is 0 Å². The van der Waals surface area contributed by atoms with Gasteiger partial charge in [-0.3, -0.25) is 4.79 Å². The summed E-state index contributed by atoms with van der Waals surface area (Å²) in [5, 5.41) is 8.84. The molecule has 4 heterocycles. The highest BCUT2D eigenvalue weighted by molar-refractivity contribution is 6.33. The predicted octanol–water partition coefficient (Wildman–Crippen LogP) is 2.52. The van der Waals surface area contributed by atoms with Crippen molar-refractivity contribution >= 4 is 23.2 Å². The van der Waals surface area contributed by atoms with Gasteiger partial charge >= 0.3 is 0 Å². The van der Waals surface area contributed by atoms with Crippen molar-refractivity contribution in [2.45, 2.75) is 38.0 Å². The zero-order chi connectivity index (χ0) is 18.4. The van der Waals surface area contributed by atoms with Gasteiger partial charge in [-0.25, -0.2) is 4.68 Å². The lowest BCUT2D eigenvalue weighted by Gasteiger charge is -2.41. The third-order valence-corrected chi connectivity index (χ3v) is 6.16. The minimum atomic E-state index is 0.00978. The van der Waals surface area contributed by atoms with E-state index in [1.165, 1.54) is 12.8 Å². The summed E-state index contributed by atoms with van der Waals surface area (Å²) in [5.41, 5.74) is 2.62. The molecule has 0 unspecified atom stereocenters. The number of carbonyl (C=O) groups excluding carboxylic acids is 1.